The molecule has 0 fully saturated rings. The maximum Gasteiger partial charge on any atom is 0.0396 e. The Balaban J connectivity index is 3.20. The number of nitrogens with two attached hydrogens (primary N) is 1. The van der Waals surface area contributed by atoms with E-state index in [2.05, 4.69) is 24.4 Å². The summed E-state index contributed by atoms with van der Waals surface area (Å²) in [4.78, 5) is 0. The average Bonchev–Trinajstić information content (AvgIpc) is 2.10. The first-order valence-electron chi connectivity index (χ1n) is 4.26. The number of hydrogen-bond donors (Lipinski definition) is 2. The minimum Gasteiger partial charge on any atom is -0.398 e. The molecule has 1 aromatic carbocycles. The molecule has 2 nitrogen and oxygen atoms in total. The Labute approximate surface area is 73.8 Å². The van der Waals surface area contributed by atoms with Gasteiger partial charge in [-0.25, -0.2) is 0 Å². The molecule has 0 saturated heterocycles. The molecule has 0 heterocycles. The first-order chi connectivity index (χ1) is 5.70. The summed E-state index contributed by atoms with van der Waals surface area (Å²) in [5, 5.41) is 3.11. The summed E-state index contributed by atoms with van der Waals surface area (Å²) in [6.07, 6.45) is 0.997. The second-order valence-electron chi connectivity index (χ2n) is 2.91. The molecule has 1 aromatic rings. The molecule has 0 spiro atoms. The Morgan fingerprint density at radius 1 is 1.42 bits per heavy atom. The fourth-order valence-electron chi connectivity index (χ4n) is 1.36. The van der Waals surface area contributed by atoms with Crippen molar-refractivity contribution in [3.05, 3.63) is 23.3 Å². The smallest absolute Gasteiger partial charge is 0.0396 e. The van der Waals surface area contributed by atoms with Crippen molar-refractivity contribution < 1.29 is 0 Å². The van der Waals surface area contributed by atoms with Crippen molar-refractivity contribution in [3.63, 3.8) is 0 Å². The Morgan fingerprint density at radius 2 is 2.08 bits per heavy atom. The minimum atomic E-state index is 0.921. The van der Waals surface area contributed by atoms with Crippen LogP contribution in [-0.2, 0) is 6.42 Å². The highest BCUT2D eigenvalue weighted by molar-refractivity contribution is 5.66. The highest BCUT2D eigenvalue weighted by Gasteiger charge is 2.03. The summed E-state index contributed by atoms with van der Waals surface area (Å²) in [6, 6.07) is 4.15. The van der Waals surface area contributed by atoms with E-state index in [1.54, 1.807) is 0 Å². The number of anilines is 2. The topological polar surface area (TPSA) is 38.0 Å². The van der Waals surface area contributed by atoms with Crippen LogP contribution in [-0.4, -0.2) is 7.05 Å². The number of hydrogen-bond acceptors (Lipinski definition) is 2. The minimum absolute atomic E-state index is 0.921. The molecule has 12 heavy (non-hydrogen) atoms. The van der Waals surface area contributed by atoms with Crippen LogP contribution in [0.1, 0.15) is 18.1 Å². The van der Waals surface area contributed by atoms with Gasteiger partial charge in [-0.2, -0.15) is 0 Å². The molecule has 0 bridgehead atoms. The van der Waals surface area contributed by atoms with Gasteiger partial charge in [0, 0.05) is 18.4 Å². The van der Waals surface area contributed by atoms with Crippen molar-refractivity contribution in [2.75, 3.05) is 18.1 Å². The molecule has 0 unspecified atom stereocenters. The van der Waals surface area contributed by atoms with E-state index >= 15 is 0 Å². The van der Waals surface area contributed by atoms with Gasteiger partial charge < -0.3 is 11.1 Å². The molecule has 0 aliphatic carbocycles. The zero-order valence-electron chi connectivity index (χ0n) is 7.94. The predicted octanol–water partition coefficient (Wildman–Crippen LogP) is 2.18. The van der Waals surface area contributed by atoms with E-state index < -0.39 is 0 Å². The molecule has 0 atom stereocenters. The second kappa shape index (κ2) is 3.48. The monoisotopic (exact) mass is 164 g/mol. The van der Waals surface area contributed by atoms with Gasteiger partial charge in [-0.1, -0.05) is 13.0 Å². The van der Waals surface area contributed by atoms with Crippen LogP contribution < -0.4 is 11.1 Å². The van der Waals surface area contributed by atoms with E-state index in [1.165, 1.54) is 5.56 Å². The largest absolute Gasteiger partial charge is 0.398 e. The Kier molecular flexibility index (Phi) is 2.58. The summed E-state index contributed by atoms with van der Waals surface area (Å²) in [5.41, 5.74) is 10.3. The molecule has 0 radical (unpaired) electrons. The van der Waals surface area contributed by atoms with Crippen molar-refractivity contribution in [1.82, 2.24) is 0 Å². The maximum atomic E-state index is 5.93. The standard InChI is InChI=1S/C10H16N2/c1-4-8-5-6-9(12-3)7(2)10(8)11/h5-6,12H,4,11H2,1-3H3. The van der Waals surface area contributed by atoms with Crippen LogP contribution in [0.15, 0.2) is 12.1 Å². The molecular formula is C10H16N2. The summed E-state index contributed by atoms with van der Waals surface area (Å²) in [5.74, 6) is 0. The molecule has 2 heteroatoms. The van der Waals surface area contributed by atoms with E-state index in [0.29, 0.717) is 0 Å². The normalized spacial score (nSPS) is 9.92. The molecule has 0 aromatic heterocycles. The Morgan fingerprint density at radius 3 is 2.58 bits per heavy atom. The van der Waals surface area contributed by atoms with Gasteiger partial charge in [-0.3, -0.25) is 0 Å². The van der Waals surface area contributed by atoms with Gasteiger partial charge in [0.25, 0.3) is 0 Å². The molecule has 66 valence electrons. The lowest BCUT2D eigenvalue weighted by molar-refractivity contribution is 1.14. The fraction of sp³-hybridized carbons (Fsp3) is 0.400. The lowest BCUT2D eigenvalue weighted by atomic mass is 10.0. The van der Waals surface area contributed by atoms with Gasteiger partial charge in [0.15, 0.2) is 0 Å². The SMILES string of the molecule is CCc1ccc(NC)c(C)c1N. The van der Waals surface area contributed by atoms with Crippen molar-refractivity contribution in [1.29, 1.82) is 0 Å². The Bertz CT molecular complexity index is 250. The fourth-order valence-corrected chi connectivity index (χ4v) is 1.36. The zero-order valence-corrected chi connectivity index (χ0v) is 7.94. The van der Waals surface area contributed by atoms with Gasteiger partial charge in [-0.15, -0.1) is 0 Å². The van der Waals surface area contributed by atoms with E-state index in [0.717, 1.165) is 23.4 Å². The van der Waals surface area contributed by atoms with E-state index in [-0.39, 0.29) is 0 Å². The number of nitrogens with one attached hydrogen (secondary N) is 1. The number of benzene rings is 1. The molecular weight excluding hydrogens is 148 g/mol. The van der Waals surface area contributed by atoms with Crippen LogP contribution in [0.25, 0.3) is 0 Å². The van der Waals surface area contributed by atoms with Crippen LogP contribution in [0.2, 0.25) is 0 Å². The zero-order chi connectivity index (χ0) is 9.14. The van der Waals surface area contributed by atoms with Crippen LogP contribution >= 0.6 is 0 Å². The quantitative estimate of drug-likeness (QED) is 0.657. The van der Waals surface area contributed by atoms with E-state index in [1.807, 2.05) is 14.0 Å². The van der Waals surface area contributed by atoms with Crippen LogP contribution in [0.3, 0.4) is 0 Å². The van der Waals surface area contributed by atoms with Crippen molar-refractivity contribution in [3.8, 4) is 0 Å². The van der Waals surface area contributed by atoms with Crippen LogP contribution in [0.4, 0.5) is 11.4 Å². The van der Waals surface area contributed by atoms with Gasteiger partial charge >= 0.3 is 0 Å². The average molecular weight is 164 g/mol. The highest BCUT2D eigenvalue weighted by atomic mass is 14.8. The molecule has 0 amide bonds. The maximum absolute atomic E-state index is 5.93. The lowest BCUT2D eigenvalue weighted by Gasteiger charge is -2.11. The first-order valence-corrected chi connectivity index (χ1v) is 4.26. The van der Waals surface area contributed by atoms with Crippen molar-refractivity contribution in [2.45, 2.75) is 20.3 Å². The third-order valence-corrected chi connectivity index (χ3v) is 2.26. The summed E-state index contributed by atoms with van der Waals surface area (Å²) in [7, 11) is 1.91. The predicted molar refractivity (Wildman–Crippen MR) is 54.5 cm³/mol. The molecule has 0 aliphatic heterocycles. The first kappa shape index (κ1) is 8.91. The molecule has 1 rings (SSSR count). The van der Waals surface area contributed by atoms with Gasteiger partial charge in [0.1, 0.15) is 0 Å². The third-order valence-electron chi connectivity index (χ3n) is 2.26. The number of rotatable bonds is 2. The highest BCUT2D eigenvalue weighted by Crippen LogP contribution is 2.24. The summed E-state index contributed by atoms with van der Waals surface area (Å²) < 4.78 is 0. The number of nitrogen functional groups attached to an aromatic ring is 1. The van der Waals surface area contributed by atoms with Crippen molar-refractivity contribution in [2.24, 2.45) is 0 Å². The van der Waals surface area contributed by atoms with Gasteiger partial charge in [-0.05, 0) is 30.5 Å². The Hall–Kier alpha value is -1.18. The van der Waals surface area contributed by atoms with E-state index in [4.69, 9.17) is 5.73 Å². The third kappa shape index (κ3) is 1.37. The molecule has 0 aliphatic rings. The van der Waals surface area contributed by atoms with Gasteiger partial charge in [0.05, 0.1) is 0 Å². The summed E-state index contributed by atoms with van der Waals surface area (Å²) in [6.45, 7) is 4.16. The summed E-state index contributed by atoms with van der Waals surface area (Å²) >= 11 is 0. The van der Waals surface area contributed by atoms with Crippen LogP contribution in [0, 0.1) is 6.92 Å². The van der Waals surface area contributed by atoms with Crippen molar-refractivity contribution >= 4 is 11.4 Å². The molecule has 3 N–H and O–H groups in total. The molecule has 0 saturated carbocycles. The second-order valence-corrected chi connectivity index (χ2v) is 2.91. The van der Waals surface area contributed by atoms with Crippen LogP contribution in [0.5, 0.6) is 0 Å². The van der Waals surface area contributed by atoms with E-state index in [9.17, 15) is 0 Å². The van der Waals surface area contributed by atoms with Gasteiger partial charge in [0.2, 0.25) is 0 Å². The lowest BCUT2D eigenvalue weighted by Crippen LogP contribution is -2.00. The number of aryl methyl sites for hydroxylation is 1.